The lowest BCUT2D eigenvalue weighted by atomic mass is 10.4. The summed E-state index contributed by atoms with van der Waals surface area (Å²) in [5, 5.41) is 7.00. The number of allylic oxidation sites excluding steroid dienone is 6. The van der Waals surface area contributed by atoms with Crippen LogP contribution >= 0.6 is 0 Å². The number of hydrogen-bond acceptors (Lipinski definition) is 2. The Bertz CT molecular complexity index is 389. The summed E-state index contributed by atoms with van der Waals surface area (Å²) in [6.45, 7) is 8.00. The molecule has 28 heavy (non-hydrogen) atoms. The lowest BCUT2D eigenvalue weighted by Gasteiger charge is -1.69. The van der Waals surface area contributed by atoms with Crippen LogP contribution in [0.4, 0.5) is 0 Å². The minimum Gasteiger partial charge on any atom is -0.400 e. The fourth-order valence-electron chi connectivity index (χ4n) is 1.29. The SMILES string of the molecule is C1=CC=CCC=C1.CC.CC.CO.COC.c1ccccc1.c1ccccc1. The van der Waals surface area contributed by atoms with Crippen LogP contribution in [0.1, 0.15) is 34.1 Å². The zero-order chi connectivity index (χ0) is 22.1. The Morgan fingerprint density at radius 2 is 0.643 bits per heavy atom. The molecule has 2 aromatic carbocycles. The smallest absolute Gasteiger partial charge is 0.0351 e. The summed E-state index contributed by atoms with van der Waals surface area (Å²) in [6.07, 6.45) is 13.5. The van der Waals surface area contributed by atoms with Crippen molar-refractivity contribution in [2.24, 2.45) is 0 Å². The molecule has 0 bridgehead atoms. The van der Waals surface area contributed by atoms with Crippen molar-refractivity contribution in [3.05, 3.63) is 109 Å². The van der Waals surface area contributed by atoms with Crippen LogP contribution in [0.2, 0.25) is 0 Å². The van der Waals surface area contributed by atoms with Crippen molar-refractivity contribution in [3.8, 4) is 0 Å². The molecule has 3 rings (SSSR count). The molecule has 0 atom stereocenters. The minimum atomic E-state index is 1.00. The van der Waals surface area contributed by atoms with E-state index in [-0.39, 0.29) is 0 Å². The summed E-state index contributed by atoms with van der Waals surface area (Å²) < 4.78 is 4.25. The van der Waals surface area contributed by atoms with Gasteiger partial charge >= 0.3 is 0 Å². The first-order valence-electron chi connectivity index (χ1n) is 9.75. The Hall–Kier alpha value is -2.42. The van der Waals surface area contributed by atoms with E-state index in [0.29, 0.717) is 0 Å². The zero-order valence-electron chi connectivity index (χ0n) is 19.0. The number of aliphatic hydroxyl groups excluding tert-OH is 1. The summed E-state index contributed by atoms with van der Waals surface area (Å²) in [5.41, 5.74) is 0. The van der Waals surface area contributed by atoms with Gasteiger partial charge in [0.25, 0.3) is 0 Å². The number of aliphatic hydroxyl groups is 1. The third-order valence-electron chi connectivity index (χ3n) is 2.21. The minimum absolute atomic E-state index is 1.00. The van der Waals surface area contributed by atoms with Crippen molar-refractivity contribution in [1.29, 1.82) is 0 Å². The van der Waals surface area contributed by atoms with Gasteiger partial charge < -0.3 is 9.84 Å². The molecule has 1 aliphatic rings. The topological polar surface area (TPSA) is 29.5 Å². The number of hydrogen-bond donors (Lipinski definition) is 1. The molecule has 0 amide bonds. The molecule has 0 aromatic heterocycles. The van der Waals surface area contributed by atoms with Crippen LogP contribution in [-0.2, 0) is 4.74 Å². The largest absolute Gasteiger partial charge is 0.400 e. The molecular formula is C26H42O2. The predicted molar refractivity (Wildman–Crippen MR) is 129 cm³/mol. The van der Waals surface area contributed by atoms with Gasteiger partial charge in [0.05, 0.1) is 0 Å². The molecule has 0 saturated carbocycles. The van der Waals surface area contributed by atoms with E-state index in [9.17, 15) is 0 Å². The van der Waals surface area contributed by atoms with Crippen molar-refractivity contribution < 1.29 is 9.84 Å². The van der Waals surface area contributed by atoms with Crippen LogP contribution in [0.3, 0.4) is 0 Å². The quantitative estimate of drug-likeness (QED) is 0.512. The van der Waals surface area contributed by atoms with Gasteiger partial charge in [0.2, 0.25) is 0 Å². The van der Waals surface area contributed by atoms with E-state index in [0.717, 1.165) is 13.5 Å². The molecule has 2 heteroatoms. The molecule has 1 N–H and O–H groups in total. The van der Waals surface area contributed by atoms with Crippen LogP contribution < -0.4 is 0 Å². The summed E-state index contributed by atoms with van der Waals surface area (Å²) >= 11 is 0. The Labute approximate surface area is 174 Å². The van der Waals surface area contributed by atoms with Crippen molar-refractivity contribution in [2.45, 2.75) is 34.1 Å². The van der Waals surface area contributed by atoms with E-state index in [2.05, 4.69) is 29.0 Å². The molecule has 0 aliphatic heterocycles. The van der Waals surface area contributed by atoms with Crippen molar-refractivity contribution in [3.63, 3.8) is 0 Å². The molecule has 158 valence electrons. The maximum atomic E-state index is 7.00. The van der Waals surface area contributed by atoms with Gasteiger partial charge in [-0.05, 0) is 6.42 Å². The Morgan fingerprint density at radius 1 is 0.464 bits per heavy atom. The number of rotatable bonds is 0. The highest BCUT2D eigenvalue weighted by Crippen LogP contribution is 1.92. The fraction of sp³-hybridized carbons (Fsp3) is 0.308. The molecule has 0 fully saturated rings. The second-order valence-electron chi connectivity index (χ2n) is 4.19. The Kier molecular flexibility index (Phi) is 52.4. The van der Waals surface area contributed by atoms with Crippen LogP contribution in [0.15, 0.2) is 109 Å². The van der Waals surface area contributed by atoms with Gasteiger partial charge in [-0.2, -0.15) is 0 Å². The van der Waals surface area contributed by atoms with Gasteiger partial charge in [-0.15, -0.1) is 0 Å². The predicted octanol–water partition coefficient (Wildman–Crippen LogP) is 7.36. The van der Waals surface area contributed by atoms with E-state index in [1.54, 1.807) is 14.2 Å². The maximum Gasteiger partial charge on any atom is 0.0351 e. The lowest BCUT2D eigenvalue weighted by Crippen LogP contribution is -1.55. The molecule has 2 nitrogen and oxygen atoms in total. The van der Waals surface area contributed by atoms with Gasteiger partial charge in [-0.1, -0.05) is 137 Å². The second kappa shape index (κ2) is 44.2. The van der Waals surface area contributed by atoms with Crippen molar-refractivity contribution in [2.75, 3.05) is 21.3 Å². The molecule has 0 saturated heterocycles. The Morgan fingerprint density at radius 3 is 0.821 bits per heavy atom. The molecule has 2 aromatic rings. The van der Waals surface area contributed by atoms with Crippen LogP contribution in [0.25, 0.3) is 0 Å². The molecule has 0 radical (unpaired) electrons. The first-order chi connectivity index (χ1) is 13.9. The molecule has 0 unspecified atom stereocenters. The number of ether oxygens (including phenoxy) is 1. The van der Waals surface area contributed by atoms with Gasteiger partial charge in [0.15, 0.2) is 0 Å². The van der Waals surface area contributed by atoms with Gasteiger partial charge in [-0.25, -0.2) is 0 Å². The van der Waals surface area contributed by atoms with E-state index in [1.807, 2.05) is 113 Å². The third-order valence-corrected chi connectivity index (χ3v) is 2.21. The highest BCUT2D eigenvalue weighted by Gasteiger charge is 1.70. The summed E-state index contributed by atoms with van der Waals surface area (Å²) in [7, 11) is 4.25. The van der Waals surface area contributed by atoms with Gasteiger partial charge in [0.1, 0.15) is 0 Å². The van der Waals surface area contributed by atoms with Crippen molar-refractivity contribution in [1.82, 2.24) is 0 Å². The zero-order valence-corrected chi connectivity index (χ0v) is 19.0. The summed E-state index contributed by atoms with van der Waals surface area (Å²) in [4.78, 5) is 0. The van der Waals surface area contributed by atoms with Crippen LogP contribution in [0.5, 0.6) is 0 Å². The third kappa shape index (κ3) is 43.7. The first-order valence-corrected chi connectivity index (χ1v) is 9.75. The second-order valence-corrected chi connectivity index (χ2v) is 4.19. The molecule has 0 heterocycles. The normalized spacial score (nSPS) is 9.00. The standard InChI is InChI=1S/C7H8.2C6H6.C2H6O.2C2H6.CH4O/c1-2-4-6-7-5-3-1;2*1-2-4-6-5-3-1;1-3-2;3*1-2/h1-6H,7H2;2*1-6H;1-2H3;2*1-2H3;2H,1H3. The molecule has 1 aliphatic carbocycles. The molecule has 0 spiro atoms. The van der Waals surface area contributed by atoms with Gasteiger partial charge in [0, 0.05) is 21.3 Å². The lowest BCUT2D eigenvalue weighted by molar-refractivity contribution is 0.277. The maximum absolute atomic E-state index is 7.00. The summed E-state index contributed by atoms with van der Waals surface area (Å²) in [5.74, 6) is 0. The van der Waals surface area contributed by atoms with E-state index >= 15 is 0 Å². The average molecular weight is 387 g/mol. The molecular weight excluding hydrogens is 344 g/mol. The average Bonchev–Trinajstić information content (AvgIpc) is 3.15. The van der Waals surface area contributed by atoms with Crippen LogP contribution in [-0.4, -0.2) is 26.4 Å². The first kappa shape index (κ1) is 33.2. The van der Waals surface area contributed by atoms with E-state index in [4.69, 9.17) is 5.11 Å². The van der Waals surface area contributed by atoms with E-state index in [1.165, 1.54) is 0 Å². The van der Waals surface area contributed by atoms with E-state index < -0.39 is 0 Å². The monoisotopic (exact) mass is 386 g/mol. The Balaban J connectivity index is -0.000000129. The summed E-state index contributed by atoms with van der Waals surface area (Å²) in [6, 6.07) is 24.0. The number of benzene rings is 2. The van der Waals surface area contributed by atoms with Crippen LogP contribution in [0, 0.1) is 0 Å². The fourth-order valence-corrected chi connectivity index (χ4v) is 1.29. The number of methoxy groups -OCH3 is 1. The van der Waals surface area contributed by atoms with Gasteiger partial charge in [-0.3, -0.25) is 0 Å². The highest BCUT2D eigenvalue weighted by atomic mass is 16.4. The highest BCUT2D eigenvalue weighted by molar-refractivity contribution is 5.16. The van der Waals surface area contributed by atoms with Crippen molar-refractivity contribution >= 4 is 0 Å².